The first-order chi connectivity index (χ1) is 12.2. The molecule has 0 bridgehead atoms. The van der Waals surface area contributed by atoms with Crippen LogP contribution in [0.15, 0.2) is 36.7 Å². The minimum Gasteiger partial charge on any atom is -0.359 e. The van der Waals surface area contributed by atoms with Crippen LogP contribution in [0.4, 0.5) is 17.5 Å². The average Bonchev–Trinajstić information content (AvgIpc) is 3.04. The van der Waals surface area contributed by atoms with Gasteiger partial charge in [-0.1, -0.05) is 13.3 Å². The van der Waals surface area contributed by atoms with Crippen LogP contribution in [-0.4, -0.2) is 38.7 Å². The van der Waals surface area contributed by atoms with Gasteiger partial charge in [0.1, 0.15) is 11.6 Å². The summed E-state index contributed by atoms with van der Waals surface area (Å²) in [7, 11) is 2.05. The zero-order valence-electron chi connectivity index (χ0n) is 14.8. The van der Waals surface area contributed by atoms with Crippen molar-refractivity contribution in [2.75, 3.05) is 23.8 Å². The summed E-state index contributed by atoms with van der Waals surface area (Å²) >= 11 is 0. The van der Waals surface area contributed by atoms with Gasteiger partial charge in [-0.05, 0) is 25.5 Å². The van der Waals surface area contributed by atoms with Crippen molar-refractivity contribution < 1.29 is 0 Å². The molecule has 25 heavy (non-hydrogen) atoms. The van der Waals surface area contributed by atoms with Crippen molar-refractivity contribution in [2.45, 2.75) is 26.7 Å². The summed E-state index contributed by atoms with van der Waals surface area (Å²) in [5.41, 5.74) is 1.87. The highest BCUT2D eigenvalue weighted by Crippen LogP contribution is 2.23. The number of aromatic nitrogens is 5. The molecule has 0 fully saturated rings. The van der Waals surface area contributed by atoms with E-state index in [-0.39, 0.29) is 0 Å². The third-order valence-corrected chi connectivity index (χ3v) is 3.83. The van der Waals surface area contributed by atoms with E-state index in [0.717, 1.165) is 42.3 Å². The molecule has 0 radical (unpaired) electrons. The Morgan fingerprint density at radius 2 is 2.08 bits per heavy atom. The lowest BCUT2D eigenvalue weighted by Gasteiger charge is -2.19. The smallest absolute Gasteiger partial charge is 0.165 e. The van der Waals surface area contributed by atoms with Crippen LogP contribution >= 0.6 is 0 Å². The van der Waals surface area contributed by atoms with Crippen molar-refractivity contribution in [3.8, 4) is 11.4 Å². The number of H-pyrrole nitrogens is 1. The second kappa shape index (κ2) is 7.74. The van der Waals surface area contributed by atoms with Gasteiger partial charge in [0, 0.05) is 49.4 Å². The van der Waals surface area contributed by atoms with Crippen LogP contribution in [0, 0.1) is 6.92 Å². The lowest BCUT2D eigenvalue weighted by atomic mass is 10.2. The normalized spacial score (nSPS) is 10.7. The molecule has 3 heterocycles. The molecule has 0 aromatic carbocycles. The average molecular weight is 337 g/mol. The highest BCUT2D eigenvalue weighted by atomic mass is 15.2. The summed E-state index contributed by atoms with van der Waals surface area (Å²) < 4.78 is 0. The maximum Gasteiger partial charge on any atom is 0.165 e. The van der Waals surface area contributed by atoms with Gasteiger partial charge in [0.2, 0.25) is 0 Å². The third kappa shape index (κ3) is 4.32. The molecule has 3 rings (SSSR count). The molecule has 7 nitrogen and oxygen atoms in total. The SMILES string of the molecule is CCCCN(C)c1cc(Nc2cc(C)[nH]n2)nc(-c2cccnc2)n1. The van der Waals surface area contributed by atoms with Gasteiger partial charge < -0.3 is 10.2 Å². The molecule has 3 aromatic rings. The molecule has 3 aromatic heterocycles. The van der Waals surface area contributed by atoms with Crippen LogP contribution in [0.25, 0.3) is 11.4 Å². The first kappa shape index (κ1) is 16.9. The van der Waals surface area contributed by atoms with Gasteiger partial charge in [-0.15, -0.1) is 0 Å². The fraction of sp³-hybridized carbons (Fsp3) is 0.333. The van der Waals surface area contributed by atoms with Crippen molar-refractivity contribution >= 4 is 17.5 Å². The van der Waals surface area contributed by atoms with Crippen molar-refractivity contribution in [1.82, 2.24) is 25.1 Å². The highest BCUT2D eigenvalue weighted by Gasteiger charge is 2.11. The Kier molecular flexibility index (Phi) is 5.23. The van der Waals surface area contributed by atoms with E-state index < -0.39 is 0 Å². The summed E-state index contributed by atoms with van der Waals surface area (Å²) in [6.45, 7) is 5.09. The number of anilines is 3. The molecule has 0 atom stereocenters. The number of aromatic amines is 1. The minimum absolute atomic E-state index is 0.642. The van der Waals surface area contributed by atoms with Gasteiger partial charge >= 0.3 is 0 Å². The number of hydrogen-bond donors (Lipinski definition) is 2. The lowest BCUT2D eigenvalue weighted by molar-refractivity contribution is 0.759. The molecule has 0 spiro atoms. The van der Waals surface area contributed by atoms with Crippen LogP contribution in [0.2, 0.25) is 0 Å². The molecule has 0 aliphatic carbocycles. The van der Waals surface area contributed by atoms with E-state index in [1.807, 2.05) is 38.2 Å². The fourth-order valence-corrected chi connectivity index (χ4v) is 2.44. The van der Waals surface area contributed by atoms with Gasteiger partial charge in [-0.3, -0.25) is 10.1 Å². The van der Waals surface area contributed by atoms with Gasteiger partial charge in [0.05, 0.1) is 0 Å². The van der Waals surface area contributed by atoms with Gasteiger partial charge in [0.15, 0.2) is 11.6 Å². The van der Waals surface area contributed by atoms with Crippen LogP contribution in [0.5, 0.6) is 0 Å². The van der Waals surface area contributed by atoms with Crippen molar-refractivity contribution in [1.29, 1.82) is 0 Å². The third-order valence-electron chi connectivity index (χ3n) is 3.83. The molecule has 0 unspecified atom stereocenters. The monoisotopic (exact) mass is 337 g/mol. The zero-order chi connectivity index (χ0) is 17.6. The molecule has 0 aliphatic heterocycles. The first-order valence-electron chi connectivity index (χ1n) is 8.45. The highest BCUT2D eigenvalue weighted by molar-refractivity contribution is 5.63. The number of hydrogen-bond acceptors (Lipinski definition) is 6. The zero-order valence-corrected chi connectivity index (χ0v) is 14.8. The predicted octanol–water partition coefficient (Wildman–Crippen LogP) is 3.55. The summed E-state index contributed by atoms with van der Waals surface area (Å²) in [4.78, 5) is 15.7. The van der Waals surface area contributed by atoms with Gasteiger partial charge in [0.25, 0.3) is 0 Å². The summed E-state index contributed by atoms with van der Waals surface area (Å²) in [6.07, 6.45) is 5.77. The largest absolute Gasteiger partial charge is 0.359 e. The van der Waals surface area contributed by atoms with E-state index >= 15 is 0 Å². The van der Waals surface area contributed by atoms with Gasteiger partial charge in [-0.25, -0.2) is 9.97 Å². The number of aryl methyl sites for hydroxylation is 1. The lowest BCUT2D eigenvalue weighted by Crippen LogP contribution is -2.20. The molecular weight excluding hydrogens is 314 g/mol. The van der Waals surface area contributed by atoms with E-state index in [9.17, 15) is 0 Å². The summed E-state index contributed by atoms with van der Waals surface area (Å²) in [5.74, 6) is 2.95. The van der Waals surface area contributed by atoms with E-state index in [4.69, 9.17) is 4.98 Å². The Hall–Kier alpha value is -2.96. The molecular formula is C18H23N7. The topological polar surface area (TPSA) is 82.6 Å². The van der Waals surface area contributed by atoms with Gasteiger partial charge in [-0.2, -0.15) is 5.10 Å². The number of rotatable bonds is 7. The molecule has 130 valence electrons. The Morgan fingerprint density at radius 1 is 1.20 bits per heavy atom. The number of nitrogens with one attached hydrogen (secondary N) is 2. The van der Waals surface area contributed by atoms with Crippen LogP contribution < -0.4 is 10.2 Å². The Labute approximate surface area is 147 Å². The molecule has 0 saturated heterocycles. The van der Waals surface area contributed by atoms with Crippen molar-refractivity contribution in [3.63, 3.8) is 0 Å². The quantitative estimate of drug-likeness (QED) is 0.686. The Bertz CT molecular complexity index is 813. The second-order valence-corrected chi connectivity index (χ2v) is 6.01. The molecule has 0 aliphatic rings. The number of pyridine rings is 1. The first-order valence-corrected chi connectivity index (χ1v) is 8.45. The standard InChI is InChI=1S/C18H23N7/c1-4-5-9-25(3)17-11-15(20-16-10-13(2)23-24-16)21-18(22-17)14-7-6-8-19-12-14/h6-8,10-12H,4-5,9H2,1-3H3,(H2,20,21,22,23,24). The maximum absolute atomic E-state index is 4.71. The molecule has 0 amide bonds. The maximum atomic E-state index is 4.71. The van der Waals surface area contributed by atoms with E-state index in [1.54, 1.807) is 12.4 Å². The van der Waals surface area contributed by atoms with Crippen molar-refractivity contribution in [2.24, 2.45) is 0 Å². The second-order valence-electron chi connectivity index (χ2n) is 6.01. The van der Waals surface area contributed by atoms with Crippen molar-refractivity contribution in [3.05, 3.63) is 42.4 Å². The summed E-state index contributed by atoms with van der Waals surface area (Å²) in [6, 6.07) is 7.73. The molecule has 0 saturated carbocycles. The minimum atomic E-state index is 0.642. The Balaban J connectivity index is 1.95. The summed E-state index contributed by atoms with van der Waals surface area (Å²) in [5, 5.41) is 10.4. The van der Waals surface area contributed by atoms with E-state index in [1.165, 1.54) is 0 Å². The van der Waals surface area contributed by atoms with Crippen LogP contribution in [0.3, 0.4) is 0 Å². The van der Waals surface area contributed by atoms with Crippen LogP contribution in [-0.2, 0) is 0 Å². The van der Waals surface area contributed by atoms with E-state index in [2.05, 4.69) is 37.3 Å². The van der Waals surface area contributed by atoms with E-state index in [0.29, 0.717) is 11.6 Å². The van der Waals surface area contributed by atoms with Crippen LogP contribution in [0.1, 0.15) is 25.5 Å². The number of nitrogens with zero attached hydrogens (tertiary/aromatic N) is 5. The molecule has 2 N–H and O–H groups in total. The Morgan fingerprint density at radius 3 is 2.76 bits per heavy atom. The molecule has 7 heteroatoms. The number of unbranched alkanes of at least 4 members (excludes halogenated alkanes) is 1. The predicted molar refractivity (Wildman–Crippen MR) is 100 cm³/mol. The fourth-order valence-electron chi connectivity index (χ4n) is 2.44.